The molecule has 11 heteroatoms. The summed E-state index contributed by atoms with van der Waals surface area (Å²) in [6.45, 7) is 3.59. The quantitative estimate of drug-likeness (QED) is 0.302. The molecule has 0 saturated carbocycles. The molecule has 0 fully saturated rings. The Morgan fingerprint density at radius 2 is 1.57 bits per heavy atom. The van der Waals surface area contributed by atoms with Crippen LogP contribution in [0.4, 0.5) is 10.1 Å². The molecule has 0 radical (unpaired) electrons. The summed E-state index contributed by atoms with van der Waals surface area (Å²) in [5.41, 5.74) is 1.41. The molecular weight excluding hydrogens is 576 g/mol. The Kier molecular flexibility index (Phi) is 11.0. The van der Waals surface area contributed by atoms with Crippen LogP contribution in [0.5, 0.6) is 0 Å². The Morgan fingerprint density at radius 3 is 2.17 bits per heavy atom. The minimum atomic E-state index is -4.00. The van der Waals surface area contributed by atoms with Gasteiger partial charge in [-0.25, -0.2) is 12.8 Å². The summed E-state index contributed by atoms with van der Waals surface area (Å²) in [7, 11) is -4.00. The van der Waals surface area contributed by atoms with Gasteiger partial charge in [-0.15, -0.1) is 0 Å². The van der Waals surface area contributed by atoms with E-state index < -0.39 is 34.3 Å². The highest BCUT2D eigenvalue weighted by atomic mass is 35.5. The average Bonchev–Trinajstić information content (AvgIpc) is 2.90. The maximum absolute atomic E-state index is 14.0. The van der Waals surface area contributed by atoms with Crippen molar-refractivity contribution in [1.29, 1.82) is 0 Å². The number of anilines is 1. The maximum Gasteiger partial charge on any atom is 0.244 e. The number of amides is 2. The van der Waals surface area contributed by atoms with Gasteiger partial charge in [-0.05, 0) is 41.3 Å². The molecule has 0 saturated heterocycles. The summed E-state index contributed by atoms with van der Waals surface area (Å²) >= 11 is 12.5. The monoisotopic (exact) mass is 607 g/mol. The number of halogens is 3. The van der Waals surface area contributed by atoms with Crippen molar-refractivity contribution >= 4 is 50.7 Å². The summed E-state index contributed by atoms with van der Waals surface area (Å²) < 4.78 is 40.2. The molecule has 0 heterocycles. The van der Waals surface area contributed by atoms with Crippen LogP contribution in [-0.4, -0.2) is 50.5 Å². The van der Waals surface area contributed by atoms with E-state index in [4.69, 9.17) is 23.2 Å². The van der Waals surface area contributed by atoms with Crippen molar-refractivity contribution in [3.8, 4) is 0 Å². The molecule has 7 nitrogen and oxygen atoms in total. The predicted molar refractivity (Wildman–Crippen MR) is 157 cm³/mol. The van der Waals surface area contributed by atoms with Crippen molar-refractivity contribution in [2.45, 2.75) is 32.9 Å². The lowest BCUT2D eigenvalue weighted by Crippen LogP contribution is -2.53. The zero-order chi connectivity index (χ0) is 29.4. The van der Waals surface area contributed by atoms with E-state index in [0.717, 1.165) is 16.1 Å². The van der Waals surface area contributed by atoms with Crippen LogP contribution in [-0.2, 0) is 32.6 Å². The Labute approximate surface area is 244 Å². The molecule has 1 N–H and O–H groups in total. The van der Waals surface area contributed by atoms with Gasteiger partial charge >= 0.3 is 0 Å². The van der Waals surface area contributed by atoms with E-state index >= 15 is 0 Å². The summed E-state index contributed by atoms with van der Waals surface area (Å²) in [4.78, 5) is 28.9. The van der Waals surface area contributed by atoms with Gasteiger partial charge in [0.1, 0.15) is 18.4 Å². The molecule has 3 rings (SSSR count). The molecule has 0 aromatic heterocycles. The standard InChI is InChI=1S/C29H32Cl2FN3O4S/c1-20(2)17-33-29(37)26(16-21-8-5-4-6-9-21)34(18-22-12-14-23(32)15-13-22)27(36)19-35(40(3,38)39)25-11-7-10-24(30)28(25)31/h4-15,20,26H,16-19H2,1-3H3,(H,33,37)/t26-/m0/s1. The van der Waals surface area contributed by atoms with Gasteiger partial charge in [-0.1, -0.05) is 85.6 Å². The first-order valence-electron chi connectivity index (χ1n) is 12.6. The fraction of sp³-hybridized carbons (Fsp3) is 0.310. The van der Waals surface area contributed by atoms with Crippen molar-refractivity contribution < 1.29 is 22.4 Å². The number of rotatable bonds is 12. The molecule has 3 aromatic rings. The zero-order valence-electron chi connectivity index (χ0n) is 22.5. The van der Waals surface area contributed by atoms with Gasteiger partial charge in [0.05, 0.1) is 22.0 Å². The lowest BCUT2D eigenvalue weighted by Gasteiger charge is -2.34. The number of hydrogen-bond donors (Lipinski definition) is 1. The SMILES string of the molecule is CC(C)CNC(=O)[C@H](Cc1ccccc1)N(Cc1ccc(F)cc1)C(=O)CN(c1cccc(Cl)c1Cl)S(C)(=O)=O. The topological polar surface area (TPSA) is 86.8 Å². The van der Waals surface area contributed by atoms with Gasteiger partial charge < -0.3 is 10.2 Å². The second-order valence-electron chi connectivity index (χ2n) is 9.84. The minimum absolute atomic E-state index is 0.0250. The summed E-state index contributed by atoms with van der Waals surface area (Å²) in [6, 6.07) is 18.2. The lowest BCUT2D eigenvalue weighted by atomic mass is 10.0. The molecule has 0 unspecified atom stereocenters. The minimum Gasteiger partial charge on any atom is -0.354 e. The van der Waals surface area contributed by atoms with Crippen molar-refractivity contribution in [1.82, 2.24) is 10.2 Å². The van der Waals surface area contributed by atoms with Crippen molar-refractivity contribution in [3.05, 3.63) is 99.8 Å². The molecule has 0 aliphatic rings. The van der Waals surface area contributed by atoms with E-state index in [1.165, 1.54) is 47.4 Å². The molecule has 0 aliphatic carbocycles. The number of benzene rings is 3. The van der Waals surface area contributed by atoms with Crippen molar-refractivity contribution in [2.24, 2.45) is 5.92 Å². The Hall–Kier alpha value is -3.14. The third-order valence-corrected chi connectivity index (χ3v) is 8.04. The predicted octanol–water partition coefficient (Wildman–Crippen LogP) is 5.31. The van der Waals surface area contributed by atoms with Crippen LogP contribution in [0.2, 0.25) is 10.0 Å². The van der Waals surface area contributed by atoms with Gasteiger partial charge in [-0.3, -0.25) is 13.9 Å². The normalized spacial score (nSPS) is 12.2. The number of sulfonamides is 1. The Bertz CT molecular complexity index is 1420. The molecular formula is C29H32Cl2FN3O4S. The highest BCUT2D eigenvalue weighted by Gasteiger charge is 2.33. The molecule has 40 heavy (non-hydrogen) atoms. The first-order valence-corrected chi connectivity index (χ1v) is 15.2. The largest absolute Gasteiger partial charge is 0.354 e. The highest BCUT2D eigenvalue weighted by Crippen LogP contribution is 2.33. The van der Waals surface area contributed by atoms with E-state index in [0.29, 0.717) is 12.1 Å². The smallest absolute Gasteiger partial charge is 0.244 e. The molecule has 0 bridgehead atoms. The van der Waals surface area contributed by atoms with E-state index in [1.807, 2.05) is 44.2 Å². The fourth-order valence-corrected chi connectivity index (χ4v) is 5.34. The average molecular weight is 609 g/mol. The van der Waals surface area contributed by atoms with E-state index in [9.17, 15) is 22.4 Å². The number of nitrogens with zero attached hydrogens (tertiary/aromatic N) is 2. The first kappa shape index (κ1) is 31.4. The first-order chi connectivity index (χ1) is 18.9. The van der Waals surface area contributed by atoms with Crippen molar-refractivity contribution in [3.63, 3.8) is 0 Å². The van der Waals surface area contributed by atoms with Crippen LogP contribution < -0.4 is 9.62 Å². The number of hydrogen-bond acceptors (Lipinski definition) is 4. The number of nitrogens with one attached hydrogen (secondary N) is 1. The van der Waals surface area contributed by atoms with Crippen LogP contribution in [0, 0.1) is 11.7 Å². The van der Waals surface area contributed by atoms with Crippen molar-refractivity contribution in [2.75, 3.05) is 23.7 Å². The van der Waals surface area contributed by atoms with Crippen LogP contribution in [0.25, 0.3) is 0 Å². The summed E-state index contributed by atoms with van der Waals surface area (Å²) in [6.07, 6.45) is 1.13. The van der Waals surface area contributed by atoms with E-state index in [-0.39, 0.29) is 40.5 Å². The Balaban J connectivity index is 2.07. The van der Waals surface area contributed by atoms with Gasteiger partial charge in [0.25, 0.3) is 0 Å². The van der Waals surface area contributed by atoms with Gasteiger partial charge in [-0.2, -0.15) is 0 Å². The molecule has 3 aromatic carbocycles. The third-order valence-electron chi connectivity index (χ3n) is 6.10. The lowest BCUT2D eigenvalue weighted by molar-refractivity contribution is -0.140. The van der Waals surface area contributed by atoms with Gasteiger partial charge in [0.15, 0.2) is 0 Å². The third kappa shape index (κ3) is 8.68. The number of carbonyl (C=O) groups excluding carboxylic acids is 2. The molecule has 0 aliphatic heterocycles. The van der Waals surface area contributed by atoms with Crippen LogP contribution >= 0.6 is 23.2 Å². The maximum atomic E-state index is 14.0. The van der Waals surface area contributed by atoms with Crippen LogP contribution in [0.3, 0.4) is 0 Å². The second-order valence-corrected chi connectivity index (χ2v) is 12.5. The molecule has 214 valence electrons. The van der Waals surface area contributed by atoms with E-state index in [2.05, 4.69) is 5.32 Å². The molecule has 1 atom stereocenters. The zero-order valence-corrected chi connectivity index (χ0v) is 24.8. The summed E-state index contributed by atoms with van der Waals surface area (Å²) in [5, 5.41) is 3.00. The van der Waals surface area contributed by atoms with Gasteiger partial charge in [0.2, 0.25) is 21.8 Å². The van der Waals surface area contributed by atoms with Crippen LogP contribution in [0.1, 0.15) is 25.0 Å². The van der Waals surface area contributed by atoms with Crippen LogP contribution in [0.15, 0.2) is 72.8 Å². The second kappa shape index (κ2) is 14.0. The fourth-order valence-electron chi connectivity index (χ4n) is 4.04. The molecule has 0 spiro atoms. The summed E-state index contributed by atoms with van der Waals surface area (Å²) in [5.74, 6) is -1.32. The molecule has 2 amide bonds. The van der Waals surface area contributed by atoms with Gasteiger partial charge in [0, 0.05) is 19.5 Å². The van der Waals surface area contributed by atoms with E-state index in [1.54, 1.807) is 0 Å². The highest BCUT2D eigenvalue weighted by molar-refractivity contribution is 7.92. The number of carbonyl (C=O) groups is 2. The Morgan fingerprint density at radius 1 is 0.925 bits per heavy atom.